The number of rotatable bonds is 8. The lowest BCUT2D eigenvalue weighted by molar-refractivity contribution is -0.385. The van der Waals surface area contributed by atoms with Crippen LogP contribution in [0.5, 0.6) is 0 Å². The Morgan fingerprint density at radius 3 is 2.45 bits per heavy atom. The minimum Gasteiger partial charge on any atom is -0.455 e. The first kappa shape index (κ1) is 23.9. The maximum Gasteiger partial charge on any atom is 0.311 e. The first-order valence-corrected chi connectivity index (χ1v) is 10.9. The van der Waals surface area contributed by atoms with Crippen molar-refractivity contribution < 1.29 is 24.0 Å². The predicted octanol–water partition coefficient (Wildman–Crippen LogP) is 3.56. The van der Waals surface area contributed by atoms with E-state index in [-0.39, 0.29) is 24.6 Å². The van der Waals surface area contributed by atoms with Crippen molar-refractivity contribution in [3.63, 3.8) is 0 Å². The molecule has 3 rings (SSSR count). The van der Waals surface area contributed by atoms with E-state index in [0.717, 1.165) is 29.7 Å². The summed E-state index contributed by atoms with van der Waals surface area (Å²) in [6, 6.07) is 10.3. The van der Waals surface area contributed by atoms with E-state index in [1.54, 1.807) is 19.1 Å². The molecule has 1 atom stereocenters. The van der Waals surface area contributed by atoms with Crippen LogP contribution in [0.2, 0.25) is 0 Å². The number of para-hydroxylation sites is 1. The minimum atomic E-state index is -0.750. The molecular weight excluding hydrogens is 426 g/mol. The molecule has 0 aromatic heterocycles. The number of amides is 2. The predicted molar refractivity (Wildman–Crippen MR) is 123 cm³/mol. The van der Waals surface area contributed by atoms with Gasteiger partial charge in [-0.25, -0.2) is 0 Å². The topological polar surface area (TPSA) is 119 Å². The molecular formula is C24H27N3O6. The molecule has 0 unspecified atom stereocenters. The molecule has 0 aliphatic carbocycles. The molecule has 1 fully saturated rings. The fraction of sp³-hybridized carbons (Fsp3) is 0.375. The number of benzene rings is 2. The van der Waals surface area contributed by atoms with Crippen molar-refractivity contribution in [3.05, 3.63) is 63.2 Å². The molecule has 9 nitrogen and oxygen atoms in total. The van der Waals surface area contributed by atoms with Crippen LogP contribution in [0.4, 0.5) is 17.1 Å². The number of carbonyl (C=O) groups is 3. The van der Waals surface area contributed by atoms with Crippen molar-refractivity contribution in [1.82, 2.24) is 0 Å². The van der Waals surface area contributed by atoms with Crippen LogP contribution in [-0.2, 0) is 32.0 Å². The summed E-state index contributed by atoms with van der Waals surface area (Å²) >= 11 is 0. The van der Waals surface area contributed by atoms with Gasteiger partial charge in [-0.15, -0.1) is 0 Å². The molecule has 1 N–H and O–H groups in total. The van der Waals surface area contributed by atoms with E-state index in [9.17, 15) is 24.5 Å². The smallest absolute Gasteiger partial charge is 0.311 e. The van der Waals surface area contributed by atoms with Crippen molar-refractivity contribution in [2.45, 2.75) is 40.0 Å². The highest BCUT2D eigenvalue weighted by molar-refractivity contribution is 6.00. The number of hydrogen-bond acceptors (Lipinski definition) is 6. The Balaban J connectivity index is 1.61. The van der Waals surface area contributed by atoms with Gasteiger partial charge in [0.25, 0.3) is 11.6 Å². The van der Waals surface area contributed by atoms with E-state index in [2.05, 4.69) is 5.32 Å². The third-order valence-corrected chi connectivity index (χ3v) is 5.77. The van der Waals surface area contributed by atoms with Crippen molar-refractivity contribution >= 4 is 34.8 Å². The first-order chi connectivity index (χ1) is 15.7. The van der Waals surface area contributed by atoms with Crippen molar-refractivity contribution in [3.8, 4) is 0 Å². The normalized spacial score (nSPS) is 15.4. The quantitative estimate of drug-likeness (QED) is 0.371. The lowest BCUT2D eigenvalue weighted by Crippen LogP contribution is -2.28. The monoisotopic (exact) mass is 453 g/mol. The Morgan fingerprint density at radius 1 is 1.18 bits per heavy atom. The van der Waals surface area contributed by atoms with Crippen LogP contribution in [-0.4, -0.2) is 35.9 Å². The van der Waals surface area contributed by atoms with E-state index < -0.39 is 29.3 Å². The molecule has 0 bridgehead atoms. The summed E-state index contributed by atoms with van der Waals surface area (Å²) in [5, 5.41) is 14.0. The van der Waals surface area contributed by atoms with E-state index >= 15 is 0 Å². The largest absolute Gasteiger partial charge is 0.455 e. The van der Waals surface area contributed by atoms with Crippen LogP contribution < -0.4 is 10.2 Å². The Hall–Kier alpha value is -3.75. The molecule has 1 saturated heterocycles. The SMILES string of the molecule is CCc1cccc(CC)c1NC(=O)COC(=O)[C@@H]1CC(=O)N(c2ccc(C)c([N+](=O)[O-])c2)C1. The average Bonchev–Trinajstić information content (AvgIpc) is 3.19. The zero-order chi connectivity index (χ0) is 24.1. The second kappa shape index (κ2) is 10.2. The molecule has 2 aromatic carbocycles. The summed E-state index contributed by atoms with van der Waals surface area (Å²) in [5.41, 5.74) is 3.48. The molecule has 0 saturated carbocycles. The molecule has 1 aliphatic heterocycles. The molecule has 174 valence electrons. The number of nitro groups is 1. The zero-order valence-corrected chi connectivity index (χ0v) is 18.9. The van der Waals surface area contributed by atoms with Gasteiger partial charge in [-0.3, -0.25) is 24.5 Å². The molecule has 33 heavy (non-hydrogen) atoms. The van der Waals surface area contributed by atoms with E-state index in [1.807, 2.05) is 32.0 Å². The van der Waals surface area contributed by atoms with Crippen molar-refractivity contribution in [2.75, 3.05) is 23.4 Å². The van der Waals surface area contributed by atoms with E-state index in [0.29, 0.717) is 11.3 Å². The zero-order valence-electron chi connectivity index (χ0n) is 18.9. The number of nitrogens with one attached hydrogen (secondary N) is 1. The van der Waals surface area contributed by atoms with E-state index in [4.69, 9.17) is 4.74 Å². The van der Waals surface area contributed by atoms with Crippen LogP contribution >= 0.6 is 0 Å². The van der Waals surface area contributed by atoms with Crippen LogP contribution in [0.3, 0.4) is 0 Å². The number of anilines is 2. The number of ether oxygens (including phenoxy) is 1. The van der Waals surface area contributed by atoms with Crippen molar-refractivity contribution in [2.24, 2.45) is 5.92 Å². The van der Waals surface area contributed by atoms with Gasteiger partial charge in [-0.1, -0.05) is 38.1 Å². The summed E-state index contributed by atoms with van der Waals surface area (Å²) in [5.74, 6) is -2.18. The fourth-order valence-electron chi connectivity index (χ4n) is 3.91. The van der Waals surface area contributed by atoms with Gasteiger partial charge in [0, 0.05) is 30.3 Å². The number of carbonyl (C=O) groups excluding carboxylic acids is 3. The number of aryl methyl sites for hydroxylation is 3. The molecule has 0 spiro atoms. The van der Waals surface area contributed by atoms with Crippen LogP contribution in [0.25, 0.3) is 0 Å². The van der Waals surface area contributed by atoms with Crippen molar-refractivity contribution in [1.29, 1.82) is 0 Å². The van der Waals surface area contributed by atoms with Gasteiger partial charge in [0.2, 0.25) is 5.91 Å². The molecule has 1 heterocycles. The summed E-state index contributed by atoms with van der Waals surface area (Å²) in [7, 11) is 0. The van der Waals surface area contributed by atoms with Gasteiger partial charge in [0.15, 0.2) is 6.61 Å². The number of nitrogens with zero attached hydrogens (tertiary/aromatic N) is 2. The standard InChI is InChI=1S/C24H27N3O6/c1-4-16-7-6-8-17(5-2)23(16)25-21(28)14-33-24(30)18-11-22(29)26(13-18)19-10-9-15(3)20(12-19)27(31)32/h6-10,12,18H,4-5,11,13-14H2,1-3H3,(H,25,28)/t18-/m1/s1. The lowest BCUT2D eigenvalue weighted by Gasteiger charge is -2.17. The van der Waals surface area contributed by atoms with Crippen LogP contribution in [0, 0.1) is 23.0 Å². The van der Waals surface area contributed by atoms with Gasteiger partial charge >= 0.3 is 5.97 Å². The Labute approximate surface area is 191 Å². The Bertz CT molecular complexity index is 1080. The number of esters is 1. The van der Waals surface area contributed by atoms with Gasteiger partial charge in [-0.05, 0) is 37.0 Å². The first-order valence-electron chi connectivity index (χ1n) is 10.9. The molecule has 0 radical (unpaired) electrons. The Morgan fingerprint density at radius 2 is 1.85 bits per heavy atom. The Kier molecular flexibility index (Phi) is 7.42. The van der Waals surface area contributed by atoms with Gasteiger partial charge in [-0.2, -0.15) is 0 Å². The number of nitro benzene ring substituents is 1. The van der Waals surface area contributed by atoms with Gasteiger partial charge < -0.3 is 15.0 Å². The summed E-state index contributed by atoms with van der Waals surface area (Å²) < 4.78 is 5.18. The molecule has 9 heteroatoms. The molecule has 1 aliphatic rings. The minimum absolute atomic E-state index is 0.0398. The average molecular weight is 453 g/mol. The second-order valence-electron chi connectivity index (χ2n) is 7.95. The maximum atomic E-state index is 12.5. The number of hydrogen-bond donors (Lipinski definition) is 1. The van der Waals surface area contributed by atoms with Crippen LogP contribution in [0.1, 0.15) is 37.0 Å². The highest BCUT2D eigenvalue weighted by atomic mass is 16.6. The summed E-state index contributed by atoms with van der Waals surface area (Å²) in [6.07, 6.45) is 1.42. The summed E-state index contributed by atoms with van der Waals surface area (Å²) in [6.45, 7) is 5.19. The third-order valence-electron chi connectivity index (χ3n) is 5.77. The maximum absolute atomic E-state index is 12.5. The summed E-state index contributed by atoms with van der Waals surface area (Å²) in [4.78, 5) is 49.4. The second-order valence-corrected chi connectivity index (χ2v) is 7.95. The van der Waals surface area contributed by atoms with Gasteiger partial charge in [0.05, 0.1) is 16.5 Å². The highest BCUT2D eigenvalue weighted by Gasteiger charge is 2.37. The lowest BCUT2D eigenvalue weighted by atomic mass is 10.0. The van der Waals surface area contributed by atoms with Gasteiger partial charge in [0.1, 0.15) is 0 Å². The van der Waals surface area contributed by atoms with E-state index in [1.165, 1.54) is 11.0 Å². The fourth-order valence-corrected chi connectivity index (χ4v) is 3.91. The highest BCUT2D eigenvalue weighted by Crippen LogP contribution is 2.30. The third kappa shape index (κ3) is 5.36. The molecule has 2 amide bonds. The molecule has 2 aromatic rings. The van der Waals surface area contributed by atoms with Crippen LogP contribution in [0.15, 0.2) is 36.4 Å².